The number of hydrogen-bond acceptors (Lipinski definition) is 0. The minimum Gasteiger partial charge on any atom is -0.0755 e. The van der Waals surface area contributed by atoms with E-state index in [0.717, 1.165) is 6.42 Å². The number of fused-ring (bicyclic) bond motifs is 3. The average molecular weight is 487 g/mol. The lowest BCUT2D eigenvalue weighted by Crippen LogP contribution is -2.22. The van der Waals surface area contributed by atoms with Crippen LogP contribution in [0.3, 0.4) is 0 Å². The van der Waals surface area contributed by atoms with Gasteiger partial charge in [0.1, 0.15) is 0 Å². The van der Waals surface area contributed by atoms with Crippen molar-refractivity contribution >= 4 is 37.9 Å². The predicted molar refractivity (Wildman–Crippen MR) is 163 cm³/mol. The van der Waals surface area contributed by atoms with Crippen LogP contribution >= 0.6 is 0 Å². The Morgan fingerprint density at radius 2 is 1.26 bits per heavy atom. The first-order valence-electron chi connectivity index (χ1n) is 13.8. The lowest BCUT2D eigenvalue weighted by molar-refractivity contribution is 0.595. The fraction of sp³-hybridized carbons (Fsp3) is 0.158. The summed E-state index contributed by atoms with van der Waals surface area (Å²) in [6.07, 6.45) is 8.26. The van der Waals surface area contributed by atoms with E-state index in [1.807, 2.05) is 0 Å². The molecule has 38 heavy (non-hydrogen) atoms. The molecule has 8 rings (SSSR count). The molecule has 6 aromatic rings. The molecule has 0 spiro atoms. The molecule has 0 bridgehead atoms. The highest BCUT2D eigenvalue weighted by atomic mass is 14.4. The van der Waals surface area contributed by atoms with Crippen LogP contribution in [0.2, 0.25) is 0 Å². The van der Waals surface area contributed by atoms with E-state index in [1.165, 1.54) is 71.3 Å². The number of hydrogen-bond donors (Lipinski definition) is 0. The third-order valence-electron chi connectivity index (χ3n) is 9.46. The van der Waals surface area contributed by atoms with Gasteiger partial charge in [0.15, 0.2) is 0 Å². The summed E-state index contributed by atoms with van der Waals surface area (Å²) in [4.78, 5) is 0. The Morgan fingerprint density at radius 1 is 0.579 bits per heavy atom. The molecule has 0 N–H and O–H groups in total. The van der Waals surface area contributed by atoms with Gasteiger partial charge in [-0.15, -0.1) is 0 Å². The molecular weight excluding hydrogens is 456 g/mol. The third-order valence-corrected chi connectivity index (χ3v) is 9.46. The highest BCUT2D eigenvalue weighted by molar-refractivity contribution is 6.24. The third kappa shape index (κ3) is 2.86. The van der Waals surface area contributed by atoms with Crippen LogP contribution in [0.5, 0.6) is 0 Å². The molecule has 0 heterocycles. The highest BCUT2D eigenvalue weighted by Gasteiger charge is 2.36. The predicted octanol–water partition coefficient (Wildman–Crippen LogP) is 10.2. The summed E-state index contributed by atoms with van der Waals surface area (Å²) in [7, 11) is 0. The normalized spacial score (nSPS) is 19.7. The number of benzene rings is 6. The molecule has 0 heteroatoms. The van der Waals surface area contributed by atoms with E-state index >= 15 is 0 Å². The maximum Gasteiger partial charge on any atom is 0.0158 e. The Bertz CT molecular complexity index is 1960. The van der Waals surface area contributed by atoms with Gasteiger partial charge in [-0.3, -0.25) is 0 Å². The summed E-state index contributed by atoms with van der Waals surface area (Å²) in [5.41, 5.74) is 9.74. The van der Waals surface area contributed by atoms with Crippen molar-refractivity contribution in [2.75, 3.05) is 0 Å². The summed E-state index contributed by atoms with van der Waals surface area (Å²) >= 11 is 0. The molecule has 182 valence electrons. The van der Waals surface area contributed by atoms with Crippen molar-refractivity contribution in [2.45, 2.75) is 38.0 Å². The van der Waals surface area contributed by atoms with Crippen LogP contribution in [-0.4, -0.2) is 0 Å². The minimum atomic E-state index is -0.0207. The molecule has 0 saturated heterocycles. The van der Waals surface area contributed by atoms with E-state index in [1.54, 1.807) is 0 Å². The molecular formula is C38H30. The van der Waals surface area contributed by atoms with Crippen LogP contribution in [-0.2, 0) is 10.8 Å². The zero-order valence-electron chi connectivity index (χ0n) is 22.2. The monoisotopic (exact) mass is 486 g/mol. The first-order valence-corrected chi connectivity index (χ1v) is 13.8. The molecule has 0 aromatic heterocycles. The second-order valence-corrected chi connectivity index (χ2v) is 12.0. The fourth-order valence-electron chi connectivity index (χ4n) is 7.19. The van der Waals surface area contributed by atoms with E-state index in [2.05, 4.69) is 136 Å². The van der Waals surface area contributed by atoms with Gasteiger partial charge in [0, 0.05) is 10.8 Å². The molecule has 0 aliphatic heterocycles. The van der Waals surface area contributed by atoms with Crippen LogP contribution in [0.25, 0.3) is 49.0 Å². The van der Waals surface area contributed by atoms with Crippen LogP contribution in [0.4, 0.5) is 0 Å². The van der Waals surface area contributed by atoms with E-state index in [4.69, 9.17) is 0 Å². The number of rotatable bonds is 2. The fourth-order valence-corrected chi connectivity index (χ4v) is 7.19. The lowest BCUT2D eigenvalue weighted by Gasteiger charge is -2.31. The molecule has 0 radical (unpaired) electrons. The van der Waals surface area contributed by atoms with Crippen molar-refractivity contribution in [3.05, 3.63) is 138 Å². The van der Waals surface area contributed by atoms with Gasteiger partial charge in [-0.05, 0) is 77.7 Å². The number of allylic oxidation sites excluding steroid dienone is 4. The molecule has 0 saturated carbocycles. The van der Waals surface area contributed by atoms with Gasteiger partial charge in [0.25, 0.3) is 0 Å². The zero-order valence-corrected chi connectivity index (χ0v) is 22.2. The van der Waals surface area contributed by atoms with Crippen molar-refractivity contribution in [2.24, 2.45) is 0 Å². The first-order chi connectivity index (χ1) is 18.4. The Morgan fingerprint density at radius 3 is 2.05 bits per heavy atom. The van der Waals surface area contributed by atoms with Gasteiger partial charge in [-0.1, -0.05) is 136 Å². The summed E-state index contributed by atoms with van der Waals surface area (Å²) < 4.78 is 0. The molecule has 6 aromatic carbocycles. The molecule has 2 aliphatic carbocycles. The largest absolute Gasteiger partial charge is 0.0755 e. The minimum absolute atomic E-state index is 0.0207. The SMILES string of the molecule is CC1(c2ccc3c(c2)C(C)(C)c2ccccc2-3)C=CC(c2ccc3ccc4cccc5ccc2c3c45)=CC1. The highest BCUT2D eigenvalue weighted by Crippen LogP contribution is 2.50. The maximum absolute atomic E-state index is 2.48. The Balaban J connectivity index is 1.20. The quantitative estimate of drug-likeness (QED) is 0.214. The van der Waals surface area contributed by atoms with Crippen molar-refractivity contribution in [1.82, 2.24) is 0 Å². The van der Waals surface area contributed by atoms with Crippen LogP contribution in [0.1, 0.15) is 49.4 Å². The molecule has 1 unspecified atom stereocenters. The Hall–Kier alpha value is -4.16. The molecule has 0 amide bonds. The van der Waals surface area contributed by atoms with Gasteiger partial charge in [-0.25, -0.2) is 0 Å². The van der Waals surface area contributed by atoms with E-state index in [9.17, 15) is 0 Å². The Kier molecular flexibility index (Phi) is 4.29. The standard InChI is InChI=1S/C38H30/c1-37(2)33-10-5-4-9-30(33)31-18-15-28(23-34(31)37)38(3)21-19-24(20-22-38)29-16-13-27-12-11-25-7-6-8-26-14-17-32(29)36(27)35(25)26/h4-21,23H,22H2,1-3H3. The summed E-state index contributed by atoms with van der Waals surface area (Å²) in [5, 5.41) is 8.08. The molecule has 1 atom stereocenters. The lowest BCUT2D eigenvalue weighted by atomic mass is 9.73. The Labute approximate surface area is 224 Å². The van der Waals surface area contributed by atoms with E-state index < -0.39 is 0 Å². The van der Waals surface area contributed by atoms with Gasteiger partial charge in [0.05, 0.1) is 0 Å². The summed E-state index contributed by atoms with van der Waals surface area (Å²) in [6.45, 7) is 7.12. The smallest absolute Gasteiger partial charge is 0.0158 e. The first kappa shape index (κ1) is 21.9. The molecule has 2 aliphatic rings. The van der Waals surface area contributed by atoms with Crippen LogP contribution in [0.15, 0.2) is 115 Å². The van der Waals surface area contributed by atoms with Gasteiger partial charge in [0.2, 0.25) is 0 Å². The van der Waals surface area contributed by atoms with Crippen molar-refractivity contribution in [3.8, 4) is 11.1 Å². The van der Waals surface area contributed by atoms with E-state index in [-0.39, 0.29) is 10.8 Å². The van der Waals surface area contributed by atoms with Crippen molar-refractivity contribution < 1.29 is 0 Å². The van der Waals surface area contributed by atoms with Crippen molar-refractivity contribution in [1.29, 1.82) is 0 Å². The second-order valence-electron chi connectivity index (χ2n) is 12.0. The van der Waals surface area contributed by atoms with E-state index in [0.29, 0.717) is 0 Å². The average Bonchev–Trinajstić information content (AvgIpc) is 3.18. The van der Waals surface area contributed by atoms with Crippen LogP contribution < -0.4 is 0 Å². The maximum atomic E-state index is 2.48. The summed E-state index contributed by atoms with van der Waals surface area (Å²) in [6, 6.07) is 36.5. The zero-order chi connectivity index (χ0) is 25.6. The second kappa shape index (κ2) is 7.45. The summed E-state index contributed by atoms with van der Waals surface area (Å²) in [5.74, 6) is 0. The van der Waals surface area contributed by atoms with Gasteiger partial charge < -0.3 is 0 Å². The van der Waals surface area contributed by atoms with Gasteiger partial charge >= 0.3 is 0 Å². The molecule has 0 nitrogen and oxygen atoms in total. The van der Waals surface area contributed by atoms with Crippen LogP contribution in [0, 0.1) is 0 Å². The van der Waals surface area contributed by atoms with Crippen molar-refractivity contribution in [3.63, 3.8) is 0 Å². The molecule has 0 fully saturated rings. The topological polar surface area (TPSA) is 0 Å². The van der Waals surface area contributed by atoms with Gasteiger partial charge in [-0.2, -0.15) is 0 Å².